The van der Waals surface area contributed by atoms with E-state index in [4.69, 9.17) is 4.74 Å². The zero-order chi connectivity index (χ0) is 15.5. The smallest absolute Gasteiger partial charge is 0.123 e. The van der Waals surface area contributed by atoms with Crippen molar-refractivity contribution in [1.29, 1.82) is 0 Å². The Balaban J connectivity index is 2.26. The summed E-state index contributed by atoms with van der Waals surface area (Å²) in [6, 6.07) is 7.23. The molecule has 0 spiro atoms. The van der Waals surface area contributed by atoms with Crippen LogP contribution in [0.25, 0.3) is 0 Å². The Kier molecular flexibility index (Phi) is 5.32. The van der Waals surface area contributed by atoms with Crippen LogP contribution in [-0.4, -0.2) is 13.7 Å². The van der Waals surface area contributed by atoms with Gasteiger partial charge in [-0.05, 0) is 37.1 Å². The molecule has 2 heteroatoms. The van der Waals surface area contributed by atoms with Gasteiger partial charge in [-0.3, -0.25) is 0 Å². The molecule has 1 aromatic rings. The molecule has 1 heterocycles. The Bertz CT molecular complexity index is 467. The number of benzene rings is 1. The maximum atomic E-state index is 5.81. The van der Waals surface area contributed by atoms with Gasteiger partial charge in [0.25, 0.3) is 0 Å². The van der Waals surface area contributed by atoms with E-state index < -0.39 is 0 Å². The predicted octanol–water partition coefficient (Wildman–Crippen LogP) is 4.83. The fraction of sp³-hybridized carbons (Fsp3) is 0.684. The third-order valence-corrected chi connectivity index (χ3v) is 4.92. The molecule has 1 aliphatic rings. The Labute approximate surface area is 130 Å². The van der Waals surface area contributed by atoms with Gasteiger partial charge < -0.3 is 10.1 Å². The zero-order valence-electron chi connectivity index (χ0n) is 14.3. The van der Waals surface area contributed by atoms with E-state index in [9.17, 15) is 0 Å². The molecule has 1 N–H and O–H groups in total. The average Bonchev–Trinajstić information content (AvgIpc) is 2.79. The number of hydrogen-bond donors (Lipinski definition) is 1. The van der Waals surface area contributed by atoms with Crippen molar-refractivity contribution >= 4 is 0 Å². The van der Waals surface area contributed by atoms with Crippen molar-refractivity contribution in [3.05, 3.63) is 29.3 Å². The number of unbranched alkanes of at least 4 members (excludes halogenated alkanes) is 1. The standard InChI is InChI=1S/C19H31NO/c1-6-8-9-14(7-2)18(20-5)15-10-11-17-16(12-15)19(3,4)13-21-17/h10-12,14,18,20H,6-9,13H2,1-5H3. The Morgan fingerprint density at radius 3 is 2.67 bits per heavy atom. The van der Waals surface area contributed by atoms with Gasteiger partial charge in [0.1, 0.15) is 5.75 Å². The Morgan fingerprint density at radius 2 is 2.05 bits per heavy atom. The summed E-state index contributed by atoms with van der Waals surface area (Å²) < 4.78 is 5.81. The van der Waals surface area contributed by atoms with Crippen molar-refractivity contribution in [3.63, 3.8) is 0 Å². The molecule has 2 atom stereocenters. The van der Waals surface area contributed by atoms with Crippen LogP contribution >= 0.6 is 0 Å². The van der Waals surface area contributed by atoms with Gasteiger partial charge in [-0.2, -0.15) is 0 Å². The summed E-state index contributed by atoms with van der Waals surface area (Å²) in [7, 11) is 2.09. The van der Waals surface area contributed by atoms with Crippen LogP contribution in [0.3, 0.4) is 0 Å². The van der Waals surface area contributed by atoms with E-state index in [-0.39, 0.29) is 5.41 Å². The molecular weight excluding hydrogens is 258 g/mol. The molecule has 0 saturated heterocycles. The minimum atomic E-state index is 0.134. The molecule has 21 heavy (non-hydrogen) atoms. The van der Waals surface area contributed by atoms with Crippen molar-refractivity contribution in [3.8, 4) is 5.75 Å². The maximum Gasteiger partial charge on any atom is 0.123 e. The second kappa shape index (κ2) is 6.83. The molecule has 2 unspecified atom stereocenters. The van der Waals surface area contributed by atoms with E-state index in [0.29, 0.717) is 12.0 Å². The third-order valence-electron chi connectivity index (χ3n) is 4.92. The van der Waals surface area contributed by atoms with Gasteiger partial charge in [-0.1, -0.05) is 53.0 Å². The highest BCUT2D eigenvalue weighted by atomic mass is 16.5. The van der Waals surface area contributed by atoms with E-state index in [1.165, 1.54) is 36.8 Å². The van der Waals surface area contributed by atoms with Gasteiger partial charge in [0, 0.05) is 17.0 Å². The molecule has 2 nitrogen and oxygen atoms in total. The quantitative estimate of drug-likeness (QED) is 0.776. The molecule has 118 valence electrons. The van der Waals surface area contributed by atoms with Crippen LogP contribution in [0.15, 0.2) is 18.2 Å². The van der Waals surface area contributed by atoms with Gasteiger partial charge in [0.15, 0.2) is 0 Å². The highest BCUT2D eigenvalue weighted by molar-refractivity contribution is 5.46. The van der Waals surface area contributed by atoms with Crippen molar-refractivity contribution < 1.29 is 4.74 Å². The van der Waals surface area contributed by atoms with Crippen LogP contribution < -0.4 is 10.1 Å². The zero-order valence-corrected chi connectivity index (χ0v) is 14.3. The predicted molar refractivity (Wildman–Crippen MR) is 90.1 cm³/mol. The van der Waals surface area contributed by atoms with Crippen molar-refractivity contribution in [2.75, 3.05) is 13.7 Å². The second-order valence-corrected chi connectivity index (χ2v) is 7.01. The first-order valence-corrected chi connectivity index (χ1v) is 8.48. The molecule has 0 bridgehead atoms. The lowest BCUT2D eigenvalue weighted by Gasteiger charge is -2.27. The van der Waals surface area contributed by atoms with Gasteiger partial charge in [-0.25, -0.2) is 0 Å². The van der Waals surface area contributed by atoms with Crippen LogP contribution in [0.4, 0.5) is 0 Å². The summed E-state index contributed by atoms with van der Waals surface area (Å²) in [5.41, 5.74) is 2.91. The van der Waals surface area contributed by atoms with Gasteiger partial charge in [0.2, 0.25) is 0 Å². The second-order valence-electron chi connectivity index (χ2n) is 7.01. The minimum Gasteiger partial charge on any atom is -0.492 e. The normalized spacial score (nSPS) is 18.9. The molecule has 0 aliphatic carbocycles. The SMILES string of the molecule is CCCCC(CC)C(NC)c1ccc2c(c1)C(C)(C)CO2. The maximum absolute atomic E-state index is 5.81. The molecule has 0 fully saturated rings. The number of nitrogens with one attached hydrogen (secondary N) is 1. The lowest BCUT2D eigenvalue weighted by atomic mass is 9.82. The van der Waals surface area contributed by atoms with E-state index in [1.54, 1.807) is 0 Å². The van der Waals surface area contributed by atoms with Crippen LogP contribution in [0.1, 0.15) is 70.5 Å². The first kappa shape index (κ1) is 16.4. The van der Waals surface area contributed by atoms with Gasteiger partial charge >= 0.3 is 0 Å². The number of ether oxygens (including phenoxy) is 1. The largest absolute Gasteiger partial charge is 0.492 e. The van der Waals surface area contributed by atoms with Gasteiger partial charge in [-0.15, -0.1) is 0 Å². The summed E-state index contributed by atoms with van der Waals surface area (Å²) in [4.78, 5) is 0. The molecule has 2 rings (SSSR count). The first-order valence-electron chi connectivity index (χ1n) is 8.48. The molecule has 0 amide bonds. The monoisotopic (exact) mass is 289 g/mol. The number of fused-ring (bicyclic) bond motifs is 1. The van der Waals surface area contributed by atoms with Crippen LogP contribution in [0.2, 0.25) is 0 Å². The summed E-state index contributed by atoms with van der Waals surface area (Å²) in [6.45, 7) is 9.92. The molecule has 1 aromatic carbocycles. The van der Waals surface area contributed by atoms with Crippen LogP contribution in [-0.2, 0) is 5.41 Å². The average molecular weight is 289 g/mol. The van der Waals surface area contributed by atoms with Gasteiger partial charge in [0.05, 0.1) is 6.61 Å². The van der Waals surface area contributed by atoms with Crippen LogP contribution in [0, 0.1) is 5.92 Å². The molecule has 1 aliphatic heterocycles. The first-order chi connectivity index (χ1) is 10.0. The summed E-state index contributed by atoms with van der Waals surface area (Å²) in [5.74, 6) is 1.78. The molecule has 0 aromatic heterocycles. The van der Waals surface area contributed by atoms with E-state index >= 15 is 0 Å². The van der Waals surface area contributed by atoms with E-state index in [0.717, 1.165) is 12.4 Å². The fourth-order valence-corrected chi connectivity index (χ4v) is 3.48. The topological polar surface area (TPSA) is 21.3 Å². The van der Waals surface area contributed by atoms with Crippen molar-refractivity contribution in [1.82, 2.24) is 5.32 Å². The Morgan fingerprint density at radius 1 is 1.29 bits per heavy atom. The minimum absolute atomic E-state index is 0.134. The fourth-order valence-electron chi connectivity index (χ4n) is 3.48. The summed E-state index contributed by atoms with van der Waals surface area (Å²) in [6.07, 6.45) is 5.12. The highest BCUT2D eigenvalue weighted by Crippen LogP contribution is 2.40. The van der Waals surface area contributed by atoms with Crippen molar-refractivity contribution in [2.24, 2.45) is 5.92 Å². The van der Waals surface area contributed by atoms with E-state index in [2.05, 4.69) is 58.3 Å². The lowest BCUT2D eigenvalue weighted by molar-refractivity contribution is 0.291. The number of rotatable bonds is 7. The molecule has 0 saturated carbocycles. The summed E-state index contributed by atoms with van der Waals surface area (Å²) in [5, 5.41) is 3.56. The third kappa shape index (κ3) is 3.42. The van der Waals surface area contributed by atoms with Crippen LogP contribution in [0.5, 0.6) is 5.75 Å². The van der Waals surface area contributed by atoms with E-state index in [1.807, 2.05) is 0 Å². The summed E-state index contributed by atoms with van der Waals surface area (Å²) >= 11 is 0. The Hall–Kier alpha value is -1.02. The highest BCUT2D eigenvalue weighted by Gasteiger charge is 2.32. The number of hydrogen-bond acceptors (Lipinski definition) is 2. The van der Waals surface area contributed by atoms with Crippen molar-refractivity contribution in [2.45, 2.75) is 64.8 Å². The molecular formula is C19H31NO. The molecule has 0 radical (unpaired) electrons. The lowest BCUT2D eigenvalue weighted by Crippen LogP contribution is -2.25.